The van der Waals surface area contributed by atoms with Crippen LogP contribution in [0.15, 0.2) is 59.3 Å². The normalized spacial score (nSPS) is 41.1. The molecule has 0 spiro atoms. The molecule has 0 bridgehead atoms. The largest absolute Gasteiger partial charge is 0.458 e. The highest BCUT2D eigenvalue weighted by Gasteiger charge is 2.61. The summed E-state index contributed by atoms with van der Waals surface area (Å²) < 4.78 is 11.5. The first kappa shape index (κ1) is 24.3. The number of hydrogen-bond acceptors (Lipinski definition) is 5. The fourth-order valence-electron chi connectivity index (χ4n) is 7.69. The maximum absolute atomic E-state index is 12.2. The molecule has 1 N–H and O–H groups in total. The number of hydrogen-bond donors (Lipinski definition) is 1. The van der Waals surface area contributed by atoms with Crippen molar-refractivity contribution in [3.63, 3.8) is 0 Å². The molecule has 1 fully saturated rings. The van der Waals surface area contributed by atoms with Crippen LogP contribution in [0.25, 0.3) is 0 Å². The maximum atomic E-state index is 12.2. The number of ether oxygens (including phenoxy) is 2. The number of allylic oxidation sites excluding steroid dienone is 3. The minimum Gasteiger partial charge on any atom is -0.458 e. The van der Waals surface area contributed by atoms with Crippen LogP contribution in [0.5, 0.6) is 0 Å². The lowest BCUT2D eigenvalue weighted by Gasteiger charge is -2.44. The standard InChI is InChI=1S/C30H38O5/c1-17-7-10-24(34-27(17)32)19(3)21-13-14-29(6)23(18(21)2)16-30(33)15-20-8-12-26(31)35-28(4,5)22(20)9-11-25(29)30/h7-8,12-13,15,19,22-25,33H,2,9-11,14,16H2,1,3-6H3/t19-,22-,23+,24-,25+,29-,30-/m1/s1. The number of aliphatic hydroxyl groups is 1. The number of cyclic esters (lactones) is 2. The second kappa shape index (κ2) is 8.06. The molecule has 0 unspecified atom stereocenters. The molecule has 5 rings (SSSR count). The summed E-state index contributed by atoms with van der Waals surface area (Å²) in [5.74, 6) is -0.230. The molecule has 0 amide bonds. The smallest absolute Gasteiger partial charge is 0.333 e. The quantitative estimate of drug-likeness (QED) is 0.540. The molecule has 188 valence electrons. The summed E-state index contributed by atoms with van der Waals surface area (Å²) in [4.78, 5) is 24.3. The van der Waals surface area contributed by atoms with Crippen molar-refractivity contribution in [3.8, 4) is 0 Å². The molecule has 2 aliphatic heterocycles. The van der Waals surface area contributed by atoms with Crippen LogP contribution in [-0.4, -0.2) is 34.4 Å². The third kappa shape index (κ3) is 3.78. The zero-order chi connectivity index (χ0) is 25.3. The van der Waals surface area contributed by atoms with E-state index in [-0.39, 0.29) is 47.1 Å². The van der Waals surface area contributed by atoms with E-state index in [2.05, 4.69) is 26.5 Å². The third-order valence-electron chi connectivity index (χ3n) is 9.74. The van der Waals surface area contributed by atoms with Crippen LogP contribution in [-0.2, 0) is 19.1 Å². The monoisotopic (exact) mass is 478 g/mol. The summed E-state index contributed by atoms with van der Waals surface area (Å²) in [6, 6.07) is 0. The van der Waals surface area contributed by atoms with Gasteiger partial charge < -0.3 is 14.6 Å². The molecule has 7 atom stereocenters. The van der Waals surface area contributed by atoms with Crippen LogP contribution >= 0.6 is 0 Å². The Kier molecular flexibility index (Phi) is 5.59. The Morgan fingerprint density at radius 2 is 1.86 bits per heavy atom. The Hall–Kier alpha value is -2.40. The Bertz CT molecular complexity index is 1100. The minimum absolute atomic E-state index is 0.0527. The van der Waals surface area contributed by atoms with E-state index in [0.717, 1.165) is 30.4 Å². The number of fused-ring (bicyclic) bond motifs is 4. The van der Waals surface area contributed by atoms with Crippen molar-refractivity contribution in [2.45, 2.75) is 84.0 Å². The van der Waals surface area contributed by atoms with E-state index >= 15 is 0 Å². The first-order chi connectivity index (χ1) is 16.4. The Morgan fingerprint density at radius 3 is 2.57 bits per heavy atom. The SMILES string of the molecule is C=C1C([C@@H](C)[C@H]2CC=C(C)C(=O)O2)=CC[C@]2(C)[C@H]1C[C@]1(O)C=C3C=CC(=O)OC(C)(C)[C@@H]3CC[C@@H]21. The van der Waals surface area contributed by atoms with Crippen LogP contribution < -0.4 is 0 Å². The fraction of sp³-hybridized carbons (Fsp3) is 0.600. The maximum Gasteiger partial charge on any atom is 0.333 e. The molecule has 5 nitrogen and oxygen atoms in total. The molecule has 0 radical (unpaired) electrons. The molecule has 5 heteroatoms. The zero-order valence-electron chi connectivity index (χ0n) is 21.6. The topological polar surface area (TPSA) is 72.8 Å². The van der Waals surface area contributed by atoms with Crippen molar-refractivity contribution < 1.29 is 24.2 Å². The van der Waals surface area contributed by atoms with Gasteiger partial charge in [0.05, 0.1) is 5.60 Å². The molecule has 2 heterocycles. The predicted molar refractivity (Wildman–Crippen MR) is 134 cm³/mol. The van der Waals surface area contributed by atoms with E-state index < -0.39 is 11.2 Å². The molecule has 0 saturated heterocycles. The minimum atomic E-state index is -0.968. The lowest BCUT2D eigenvalue weighted by Crippen LogP contribution is -2.40. The molecule has 0 aromatic carbocycles. The average molecular weight is 479 g/mol. The summed E-state index contributed by atoms with van der Waals surface area (Å²) in [6.45, 7) is 14.7. The van der Waals surface area contributed by atoms with Gasteiger partial charge in [0.2, 0.25) is 0 Å². The van der Waals surface area contributed by atoms with Gasteiger partial charge >= 0.3 is 11.9 Å². The van der Waals surface area contributed by atoms with Crippen LogP contribution in [0, 0.1) is 29.1 Å². The highest BCUT2D eigenvalue weighted by atomic mass is 16.6. The Morgan fingerprint density at radius 1 is 1.11 bits per heavy atom. The Balaban J connectivity index is 1.45. The number of rotatable bonds is 2. The summed E-state index contributed by atoms with van der Waals surface area (Å²) in [6.07, 6.45) is 13.3. The molecular weight excluding hydrogens is 440 g/mol. The van der Waals surface area contributed by atoms with Gasteiger partial charge in [-0.25, -0.2) is 9.59 Å². The molecule has 0 aromatic heterocycles. The summed E-state index contributed by atoms with van der Waals surface area (Å²) in [5.41, 5.74) is 2.20. The van der Waals surface area contributed by atoms with Crippen LogP contribution in [0.1, 0.15) is 66.7 Å². The van der Waals surface area contributed by atoms with Gasteiger partial charge in [-0.2, -0.15) is 0 Å². The van der Waals surface area contributed by atoms with Crippen molar-refractivity contribution in [1.29, 1.82) is 0 Å². The van der Waals surface area contributed by atoms with Gasteiger partial charge in [0.15, 0.2) is 0 Å². The summed E-state index contributed by atoms with van der Waals surface area (Å²) >= 11 is 0. The van der Waals surface area contributed by atoms with Crippen molar-refractivity contribution in [2.75, 3.05) is 0 Å². The molecular formula is C30H38O5. The van der Waals surface area contributed by atoms with E-state index in [1.54, 1.807) is 6.92 Å². The van der Waals surface area contributed by atoms with Crippen LogP contribution in [0.2, 0.25) is 0 Å². The predicted octanol–water partition coefficient (Wildman–Crippen LogP) is 5.37. The van der Waals surface area contributed by atoms with Gasteiger partial charge in [0, 0.05) is 29.9 Å². The van der Waals surface area contributed by atoms with Gasteiger partial charge in [0.25, 0.3) is 0 Å². The van der Waals surface area contributed by atoms with E-state index in [0.29, 0.717) is 18.4 Å². The van der Waals surface area contributed by atoms with Gasteiger partial charge in [-0.1, -0.05) is 38.7 Å². The van der Waals surface area contributed by atoms with E-state index in [4.69, 9.17) is 9.47 Å². The van der Waals surface area contributed by atoms with E-state index in [1.807, 2.05) is 32.1 Å². The molecule has 3 aliphatic carbocycles. The van der Waals surface area contributed by atoms with E-state index in [9.17, 15) is 14.7 Å². The lowest BCUT2D eigenvalue weighted by atomic mass is 9.61. The molecule has 5 aliphatic rings. The van der Waals surface area contributed by atoms with Gasteiger partial charge in [-0.3, -0.25) is 0 Å². The molecule has 0 aromatic rings. The lowest BCUT2D eigenvalue weighted by molar-refractivity contribution is -0.153. The van der Waals surface area contributed by atoms with Gasteiger partial charge in [-0.15, -0.1) is 0 Å². The fourth-order valence-corrected chi connectivity index (χ4v) is 7.69. The first-order valence-electron chi connectivity index (χ1n) is 13.0. The second-order valence-electron chi connectivity index (χ2n) is 12.2. The zero-order valence-corrected chi connectivity index (χ0v) is 21.6. The van der Waals surface area contributed by atoms with Crippen LogP contribution in [0.4, 0.5) is 0 Å². The van der Waals surface area contributed by atoms with Crippen molar-refractivity contribution >= 4 is 11.9 Å². The number of carbonyl (C=O) groups excluding carboxylic acids is 2. The average Bonchev–Trinajstić information content (AvgIpc) is 2.86. The molecule has 1 saturated carbocycles. The highest BCUT2D eigenvalue weighted by Crippen LogP contribution is 2.64. The number of carbonyl (C=O) groups is 2. The highest BCUT2D eigenvalue weighted by molar-refractivity contribution is 5.88. The summed E-state index contributed by atoms with van der Waals surface area (Å²) in [5, 5.41) is 12.1. The van der Waals surface area contributed by atoms with E-state index in [1.165, 1.54) is 11.6 Å². The second-order valence-corrected chi connectivity index (χ2v) is 12.2. The van der Waals surface area contributed by atoms with Gasteiger partial charge in [-0.05, 0) is 86.5 Å². The Labute approximate surface area is 208 Å². The summed E-state index contributed by atoms with van der Waals surface area (Å²) in [7, 11) is 0. The van der Waals surface area contributed by atoms with Crippen molar-refractivity contribution in [3.05, 3.63) is 59.3 Å². The number of esters is 2. The van der Waals surface area contributed by atoms with Crippen molar-refractivity contribution in [2.24, 2.45) is 29.1 Å². The first-order valence-corrected chi connectivity index (χ1v) is 13.0. The van der Waals surface area contributed by atoms with Gasteiger partial charge in [0.1, 0.15) is 11.7 Å². The third-order valence-corrected chi connectivity index (χ3v) is 9.74. The van der Waals surface area contributed by atoms with Crippen LogP contribution in [0.3, 0.4) is 0 Å². The van der Waals surface area contributed by atoms with Crippen molar-refractivity contribution in [1.82, 2.24) is 0 Å². The molecule has 35 heavy (non-hydrogen) atoms.